The normalized spacial score (nSPS) is 15.2. The second-order valence-electron chi connectivity index (χ2n) is 6.49. The highest BCUT2D eigenvalue weighted by Crippen LogP contribution is 2.31. The average Bonchev–Trinajstić information content (AvgIpc) is 3.17. The fourth-order valence-corrected chi connectivity index (χ4v) is 3.37. The third kappa shape index (κ3) is 2.10. The van der Waals surface area contributed by atoms with Crippen molar-refractivity contribution in [2.45, 2.75) is 25.7 Å². The lowest BCUT2D eigenvalue weighted by Gasteiger charge is -2.24. The molecule has 0 aromatic carbocycles. The van der Waals surface area contributed by atoms with Gasteiger partial charge in [0.25, 0.3) is 0 Å². The average molecular weight is 321 g/mol. The Balaban J connectivity index is 1.58. The summed E-state index contributed by atoms with van der Waals surface area (Å²) in [6, 6.07) is 1.51. The summed E-state index contributed by atoms with van der Waals surface area (Å²) in [5.41, 5.74) is 2.81. The number of hydrogen-bond donors (Lipinski definition) is 1. The molecule has 0 amide bonds. The van der Waals surface area contributed by atoms with Gasteiger partial charge in [-0.15, -0.1) is 0 Å². The Hall–Kier alpha value is -2.76. The fraction of sp³-hybridized carbons (Fsp3) is 0.278. The van der Waals surface area contributed by atoms with Gasteiger partial charge in [-0.3, -0.25) is 0 Å². The van der Waals surface area contributed by atoms with Crippen LogP contribution in [-0.2, 0) is 6.42 Å². The second-order valence-corrected chi connectivity index (χ2v) is 6.49. The Labute approximate surface area is 137 Å². The maximum atomic E-state index is 14.2. The number of hydrogen-bond acceptors (Lipinski definition) is 3. The van der Waals surface area contributed by atoms with E-state index in [4.69, 9.17) is 0 Å². The van der Waals surface area contributed by atoms with E-state index in [1.54, 1.807) is 16.8 Å². The first-order chi connectivity index (χ1) is 11.8. The van der Waals surface area contributed by atoms with E-state index >= 15 is 0 Å². The van der Waals surface area contributed by atoms with Crippen molar-refractivity contribution >= 4 is 16.7 Å². The first-order valence-electron chi connectivity index (χ1n) is 8.23. The lowest BCUT2D eigenvalue weighted by Crippen LogP contribution is -2.15. The molecule has 4 aromatic heterocycles. The van der Waals surface area contributed by atoms with E-state index < -0.39 is 0 Å². The molecule has 0 radical (unpaired) electrons. The van der Waals surface area contributed by atoms with E-state index in [0.29, 0.717) is 5.65 Å². The number of halogens is 1. The standard InChI is InChI=1S/C18H16FN5/c19-15-7-12(10-24-5-4-20-18(15)24)13-8-22-17-14(13)9-21-16(23-17)6-11-2-1-3-11/h4-5,7-11H,1-3,6H2,(H,21,22,23). The van der Waals surface area contributed by atoms with Crippen LogP contribution in [0.3, 0.4) is 0 Å². The first kappa shape index (κ1) is 13.7. The molecule has 5 nitrogen and oxygen atoms in total. The van der Waals surface area contributed by atoms with Crippen LogP contribution in [0.5, 0.6) is 0 Å². The van der Waals surface area contributed by atoms with Crippen LogP contribution in [0.4, 0.5) is 4.39 Å². The monoisotopic (exact) mass is 321 g/mol. The van der Waals surface area contributed by atoms with Crippen LogP contribution in [-0.4, -0.2) is 24.3 Å². The van der Waals surface area contributed by atoms with Gasteiger partial charge in [0.1, 0.15) is 11.5 Å². The van der Waals surface area contributed by atoms with Crippen molar-refractivity contribution in [3.8, 4) is 11.1 Å². The number of aromatic amines is 1. The summed E-state index contributed by atoms with van der Waals surface area (Å²) in [5, 5.41) is 0.909. The predicted octanol–water partition coefficient (Wildman–Crippen LogP) is 3.75. The summed E-state index contributed by atoms with van der Waals surface area (Å²) in [4.78, 5) is 16.4. The number of nitrogens with one attached hydrogen (secondary N) is 1. The van der Waals surface area contributed by atoms with Crippen molar-refractivity contribution in [3.63, 3.8) is 0 Å². The number of H-pyrrole nitrogens is 1. The van der Waals surface area contributed by atoms with Crippen LogP contribution in [0.1, 0.15) is 25.1 Å². The molecule has 0 aliphatic heterocycles. The lowest BCUT2D eigenvalue weighted by atomic mass is 9.83. The molecule has 0 bridgehead atoms. The highest BCUT2D eigenvalue weighted by Gasteiger charge is 2.19. The summed E-state index contributed by atoms with van der Waals surface area (Å²) in [6.07, 6.45) is 13.7. The van der Waals surface area contributed by atoms with Crippen molar-refractivity contribution in [3.05, 3.63) is 48.7 Å². The highest BCUT2D eigenvalue weighted by molar-refractivity contribution is 5.93. The van der Waals surface area contributed by atoms with Gasteiger partial charge in [-0.05, 0) is 12.0 Å². The third-order valence-electron chi connectivity index (χ3n) is 4.93. The van der Waals surface area contributed by atoms with E-state index in [9.17, 15) is 4.39 Å². The number of aromatic nitrogens is 5. The van der Waals surface area contributed by atoms with Crippen LogP contribution in [0.15, 0.2) is 37.1 Å². The van der Waals surface area contributed by atoms with Gasteiger partial charge in [0.2, 0.25) is 0 Å². The number of imidazole rings is 1. The minimum atomic E-state index is -0.339. The predicted molar refractivity (Wildman–Crippen MR) is 89.1 cm³/mol. The molecule has 0 saturated heterocycles. The molecule has 1 saturated carbocycles. The van der Waals surface area contributed by atoms with Gasteiger partial charge in [0.05, 0.1) is 0 Å². The number of rotatable bonds is 3. The lowest BCUT2D eigenvalue weighted by molar-refractivity contribution is 0.309. The molecule has 1 aliphatic carbocycles. The Morgan fingerprint density at radius 3 is 3.04 bits per heavy atom. The van der Waals surface area contributed by atoms with Gasteiger partial charge in [-0.25, -0.2) is 19.3 Å². The zero-order valence-corrected chi connectivity index (χ0v) is 13.0. The molecular weight excluding hydrogens is 305 g/mol. The van der Waals surface area contributed by atoms with Crippen LogP contribution >= 0.6 is 0 Å². The van der Waals surface area contributed by atoms with Gasteiger partial charge in [0, 0.05) is 53.9 Å². The summed E-state index contributed by atoms with van der Waals surface area (Å²) in [7, 11) is 0. The molecule has 5 rings (SSSR count). The van der Waals surface area contributed by atoms with Gasteiger partial charge in [-0.2, -0.15) is 0 Å². The Morgan fingerprint density at radius 1 is 1.29 bits per heavy atom. The zero-order chi connectivity index (χ0) is 16.1. The molecule has 1 aliphatic rings. The van der Waals surface area contributed by atoms with Gasteiger partial charge in [-0.1, -0.05) is 19.3 Å². The van der Waals surface area contributed by atoms with Gasteiger partial charge < -0.3 is 9.38 Å². The molecule has 120 valence electrons. The minimum Gasteiger partial charge on any atom is -0.345 e. The minimum absolute atomic E-state index is 0.331. The van der Waals surface area contributed by atoms with E-state index in [2.05, 4.69) is 19.9 Å². The van der Waals surface area contributed by atoms with E-state index in [-0.39, 0.29) is 5.82 Å². The maximum Gasteiger partial charge on any atom is 0.173 e. The Morgan fingerprint density at radius 2 is 2.21 bits per heavy atom. The van der Waals surface area contributed by atoms with Crippen LogP contribution < -0.4 is 0 Å². The highest BCUT2D eigenvalue weighted by atomic mass is 19.1. The van der Waals surface area contributed by atoms with Crippen LogP contribution in [0, 0.1) is 11.7 Å². The zero-order valence-electron chi connectivity index (χ0n) is 13.0. The molecule has 4 aromatic rings. The molecular formula is C18H16FN5. The number of pyridine rings is 1. The van der Waals surface area contributed by atoms with E-state index in [1.165, 1.54) is 25.3 Å². The molecule has 0 unspecified atom stereocenters. The first-order valence-corrected chi connectivity index (χ1v) is 8.23. The summed E-state index contributed by atoms with van der Waals surface area (Å²) in [6.45, 7) is 0. The third-order valence-corrected chi connectivity index (χ3v) is 4.93. The van der Waals surface area contributed by atoms with Crippen molar-refractivity contribution in [2.75, 3.05) is 0 Å². The van der Waals surface area contributed by atoms with Crippen molar-refractivity contribution in [1.29, 1.82) is 0 Å². The van der Waals surface area contributed by atoms with E-state index in [1.807, 2.05) is 18.6 Å². The van der Waals surface area contributed by atoms with Crippen molar-refractivity contribution in [1.82, 2.24) is 24.3 Å². The summed E-state index contributed by atoms with van der Waals surface area (Å²) < 4.78 is 15.9. The summed E-state index contributed by atoms with van der Waals surface area (Å²) in [5.74, 6) is 1.28. The number of fused-ring (bicyclic) bond motifs is 2. The summed E-state index contributed by atoms with van der Waals surface area (Å²) >= 11 is 0. The van der Waals surface area contributed by atoms with Crippen molar-refractivity contribution < 1.29 is 4.39 Å². The topological polar surface area (TPSA) is 58.9 Å². The Kier molecular flexibility index (Phi) is 2.92. The van der Waals surface area contributed by atoms with Gasteiger partial charge in [0.15, 0.2) is 11.5 Å². The van der Waals surface area contributed by atoms with Gasteiger partial charge >= 0.3 is 0 Å². The molecule has 6 heteroatoms. The molecule has 4 heterocycles. The SMILES string of the molecule is Fc1cc(-c2c[nH]c3nc(CC4CCC4)ncc23)cn2ccnc12. The van der Waals surface area contributed by atoms with Crippen LogP contribution in [0.2, 0.25) is 0 Å². The van der Waals surface area contributed by atoms with E-state index in [0.717, 1.165) is 40.3 Å². The maximum absolute atomic E-state index is 14.2. The smallest absolute Gasteiger partial charge is 0.173 e. The number of nitrogens with zero attached hydrogens (tertiary/aromatic N) is 4. The Bertz CT molecular complexity index is 1040. The van der Waals surface area contributed by atoms with Crippen molar-refractivity contribution in [2.24, 2.45) is 5.92 Å². The molecule has 1 fully saturated rings. The molecule has 0 atom stereocenters. The molecule has 1 N–H and O–H groups in total. The fourth-order valence-electron chi connectivity index (χ4n) is 3.37. The molecule has 0 spiro atoms. The quantitative estimate of drug-likeness (QED) is 0.625. The van der Waals surface area contributed by atoms with Crippen LogP contribution in [0.25, 0.3) is 27.8 Å². The molecule has 24 heavy (non-hydrogen) atoms. The largest absolute Gasteiger partial charge is 0.345 e. The second kappa shape index (κ2) is 5.12.